The van der Waals surface area contributed by atoms with Crippen LogP contribution in [0.15, 0.2) is 24.3 Å². The molecular formula is C16H12O5. The van der Waals surface area contributed by atoms with Crippen molar-refractivity contribution >= 4 is 11.6 Å². The minimum atomic E-state index is -0.508. The van der Waals surface area contributed by atoms with Crippen LogP contribution in [-0.2, 0) is 0 Å². The van der Waals surface area contributed by atoms with Crippen molar-refractivity contribution in [2.45, 2.75) is 6.92 Å². The fraction of sp³-hybridized carbons (Fsp3) is 0.125. The lowest BCUT2D eigenvalue weighted by atomic mass is 9.82. The van der Waals surface area contributed by atoms with E-state index in [2.05, 4.69) is 0 Å². The molecule has 0 aromatic heterocycles. The number of hydrogen-bond donors (Lipinski definition) is 2. The maximum Gasteiger partial charge on any atom is 0.198 e. The lowest BCUT2D eigenvalue weighted by Gasteiger charge is -2.20. The Labute approximate surface area is 120 Å². The second-order valence-electron chi connectivity index (χ2n) is 4.85. The van der Waals surface area contributed by atoms with Gasteiger partial charge in [-0.3, -0.25) is 9.59 Å². The zero-order valence-corrected chi connectivity index (χ0v) is 11.4. The Morgan fingerprint density at radius 3 is 1.95 bits per heavy atom. The van der Waals surface area contributed by atoms with Gasteiger partial charge in [0.2, 0.25) is 0 Å². The van der Waals surface area contributed by atoms with Crippen molar-refractivity contribution in [3.05, 3.63) is 52.1 Å². The highest BCUT2D eigenvalue weighted by Crippen LogP contribution is 2.41. The van der Waals surface area contributed by atoms with Gasteiger partial charge in [-0.15, -0.1) is 0 Å². The molecule has 0 atom stereocenters. The normalized spacial score (nSPS) is 12.9. The van der Waals surface area contributed by atoms with E-state index in [1.54, 1.807) is 13.0 Å². The first-order valence-corrected chi connectivity index (χ1v) is 6.29. The first-order valence-electron chi connectivity index (χ1n) is 6.29. The Morgan fingerprint density at radius 1 is 0.857 bits per heavy atom. The van der Waals surface area contributed by atoms with Crippen LogP contribution in [0, 0.1) is 6.92 Å². The van der Waals surface area contributed by atoms with Crippen LogP contribution in [0.5, 0.6) is 17.2 Å². The second-order valence-corrected chi connectivity index (χ2v) is 4.85. The monoisotopic (exact) mass is 284 g/mol. The SMILES string of the molecule is COc1ccc2c(c1O)C(=O)c1ccc(C)c(O)c1C2=O. The Morgan fingerprint density at radius 2 is 1.38 bits per heavy atom. The van der Waals surface area contributed by atoms with E-state index in [-0.39, 0.29) is 39.5 Å². The van der Waals surface area contributed by atoms with Crippen molar-refractivity contribution in [3.8, 4) is 17.2 Å². The van der Waals surface area contributed by atoms with Gasteiger partial charge in [0, 0.05) is 11.1 Å². The zero-order valence-electron chi connectivity index (χ0n) is 11.4. The number of carbonyl (C=O) groups excluding carboxylic acids is 2. The third-order valence-corrected chi connectivity index (χ3v) is 3.68. The van der Waals surface area contributed by atoms with Crippen LogP contribution in [0.3, 0.4) is 0 Å². The summed E-state index contributed by atoms with van der Waals surface area (Å²) in [6.07, 6.45) is 0. The number of ketones is 2. The van der Waals surface area contributed by atoms with Gasteiger partial charge in [-0.05, 0) is 30.7 Å². The van der Waals surface area contributed by atoms with Crippen LogP contribution < -0.4 is 4.74 Å². The number of rotatable bonds is 1. The van der Waals surface area contributed by atoms with Crippen molar-refractivity contribution in [1.82, 2.24) is 0 Å². The van der Waals surface area contributed by atoms with Gasteiger partial charge in [0.25, 0.3) is 0 Å². The van der Waals surface area contributed by atoms with Crippen LogP contribution in [0.4, 0.5) is 0 Å². The van der Waals surface area contributed by atoms with Gasteiger partial charge in [0.05, 0.1) is 18.2 Å². The van der Waals surface area contributed by atoms with E-state index in [1.807, 2.05) is 0 Å². The fourth-order valence-electron chi connectivity index (χ4n) is 2.54. The van der Waals surface area contributed by atoms with E-state index in [0.717, 1.165) is 0 Å². The number of fused-ring (bicyclic) bond motifs is 2. The highest BCUT2D eigenvalue weighted by Gasteiger charge is 2.35. The van der Waals surface area contributed by atoms with Crippen molar-refractivity contribution in [1.29, 1.82) is 0 Å². The summed E-state index contributed by atoms with van der Waals surface area (Å²) in [5, 5.41) is 20.2. The van der Waals surface area contributed by atoms with E-state index < -0.39 is 11.6 Å². The summed E-state index contributed by atoms with van der Waals surface area (Å²) in [6, 6.07) is 5.87. The van der Waals surface area contributed by atoms with Crippen LogP contribution >= 0.6 is 0 Å². The molecule has 0 aliphatic heterocycles. The summed E-state index contributed by atoms with van der Waals surface area (Å²) in [6.45, 7) is 1.65. The summed E-state index contributed by atoms with van der Waals surface area (Å²) in [4.78, 5) is 25.0. The van der Waals surface area contributed by atoms with E-state index in [1.165, 1.54) is 25.3 Å². The van der Waals surface area contributed by atoms with E-state index in [9.17, 15) is 19.8 Å². The topological polar surface area (TPSA) is 83.8 Å². The maximum absolute atomic E-state index is 12.5. The molecule has 2 aromatic carbocycles. The highest BCUT2D eigenvalue weighted by molar-refractivity contribution is 6.30. The van der Waals surface area contributed by atoms with Gasteiger partial charge in [-0.25, -0.2) is 0 Å². The van der Waals surface area contributed by atoms with Crippen LogP contribution in [0.2, 0.25) is 0 Å². The number of aryl methyl sites for hydroxylation is 1. The molecule has 0 saturated carbocycles. The Hall–Kier alpha value is -2.82. The molecule has 5 heteroatoms. The molecule has 0 saturated heterocycles. The van der Waals surface area contributed by atoms with E-state index in [0.29, 0.717) is 5.56 Å². The van der Waals surface area contributed by atoms with Crippen molar-refractivity contribution in [2.75, 3.05) is 7.11 Å². The standard InChI is InChI=1S/C16H12O5/c1-7-3-4-8-11(13(7)17)14(18)9-5-6-10(21-2)16(20)12(9)15(8)19/h3-6,17,20H,1-2H3. The number of phenolic OH excluding ortho intramolecular Hbond substituents is 2. The number of methoxy groups -OCH3 is 1. The molecule has 3 rings (SSSR count). The number of ether oxygens (including phenoxy) is 1. The van der Waals surface area contributed by atoms with Gasteiger partial charge in [-0.1, -0.05) is 6.07 Å². The molecule has 21 heavy (non-hydrogen) atoms. The molecule has 2 aromatic rings. The Kier molecular flexibility index (Phi) is 2.73. The second kappa shape index (κ2) is 4.34. The van der Waals surface area contributed by atoms with E-state index in [4.69, 9.17) is 4.74 Å². The quantitative estimate of drug-likeness (QED) is 0.715. The Bertz CT molecular complexity index is 805. The first-order chi connectivity index (χ1) is 9.97. The summed E-state index contributed by atoms with van der Waals surface area (Å²) in [5.41, 5.74) is 0.550. The molecule has 1 aliphatic rings. The highest BCUT2D eigenvalue weighted by atomic mass is 16.5. The van der Waals surface area contributed by atoms with Gasteiger partial charge in [-0.2, -0.15) is 0 Å². The lowest BCUT2D eigenvalue weighted by molar-refractivity contribution is 0.0973. The summed E-state index contributed by atoms with van der Waals surface area (Å²) < 4.78 is 4.96. The van der Waals surface area contributed by atoms with Crippen LogP contribution in [0.25, 0.3) is 0 Å². The average molecular weight is 284 g/mol. The van der Waals surface area contributed by atoms with E-state index >= 15 is 0 Å². The van der Waals surface area contributed by atoms with Crippen molar-refractivity contribution < 1.29 is 24.5 Å². The molecule has 0 fully saturated rings. The summed E-state index contributed by atoms with van der Waals surface area (Å²) >= 11 is 0. The largest absolute Gasteiger partial charge is 0.507 e. The third-order valence-electron chi connectivity index (χ3n) is 3.68. The molecule has 0 heterocycles. The van der Waals surface area contributed by atoms with Gasteiger partial charge >= 0.3 is 0 Å². The minimum Gasteiger partial charge on any atom is -0.507 e. The number of phenols is 2. The summed E-state index contributed by atoms with van der Waals surface area (Å²) in [7, 11) is 1.36. The smallest absolute Gasteiger partial charge is 0.198 e. The number of aromatic hydroxyl groups is 2. The maximum atomic E-state index is 12.5. The average Bonchev–Trinajstić information content (AvgIpc) is 2.47. The van der Waals surface area contributed by atoms with Gasteiger partial charge in [0.15, 0.2) is 23.1 Å². The van der Waals surface area contributed by atoms with Gasteiger partial charge in [0.1, 0.15) is 5.75 Å². The van der Waals surface area contributed by atoms with Crippen molar-refractivity contribution in [2.24, 2.45) is 0 Å². The number of benzene rings is 2. The summed E-state index contributed by atoms with van der Waals surface area (Å²) in [5.74, 6) is -1.44. The number of hydrogen-bond acceptors (Lipinski definition) is 5. The first kappa shape index (κ1) is 13.2. The molecule has 1 aliphatic carbocycles. The predicted molar refractivity (Wildman–Crippen MR) is 74.4 cm³/mol. The fourth-order valence-corrected chi connectivity index (χ4v) is 2.54. The molecule has 0 unspecified atom stereocenters. The molecule has 0 spiro atoms. The molecule has 0 radical (unpaired) electrons. The lowest BCUT2D eigenvalue weighted by Crippen LogP contribution is -2.21. The van der Waals surface area contributed by atoms with Crippen LogP contribution in [0.1, 0.15) is 37.4 Å². The third kappa shape index (κ3) is 1.64. The molecule has 0 bridgehead atoms. The van der Waals surface area contributed by atoms with Crippen molar-refractivity contribution in [3.63, 3.8) is 0 Å². The minimum absolute atomic E-state index is 0.0166. The molecule has 2 N–H and O–H groups in total. The Balaban J connectivity index is 2.36. The van der Waals surface area contributed by atoms with Gasteiger partial charge < -0.3 is 14.9 Å². The molecular weight excluding hydrogens is 272 g/mol. The molecule has 106 valence electrons. The molecule has 5 nitrogen and oxygen atoms in total. The predicted octanol–water partition coefficient (Wildman–Crippen LogP) is 2.19. The zero-order chi connectivity index (χ0) is 15.3. The van der Waals surface area contributed by atoms with Crippen LogP contribution in [-0.4, -0.2) is 28.9 Å². The number of carbonyl (C=O) groups is 2. The molecule has 0 amide bonds.